The van der Waals surface area contributed by atoms with Crippen molar-refractivity contribution in [3.63, 3.8) is 0 Å². The number of nitrogens with two attached hydrogens (primary N) is 2. The van der Waals surface area contributed by atoms with Crippen LogP contribution in [0.15, 0.2) is 34.0 Å². The number of oxime groups is 1. The van der Waals surface area contributed by atoms with Crippen molar-refractivity contribution in [1.82, 2.24) is 15.2 Å². The summed E-state index contributed by atoms with van der Waals surface area (Å²) in [5.41, 5.74) is 9.86. The van der Waals surface area contributed by atoms with Crippen LogP contribution in [0.5, 0.6) is 0 Å². The van der Waals surface area contributed by atoms with Crippen molar-refractivity contribution in [2.24, 2.45) is 10.9 Å². The fraction of sp³-hybridized carbons (Fsp3) is 0.250. The quantitative estimate of drug-likeness (QED) is 0.0938. The molecule has 13 nitrogen and oxygen atoms in total. The van der Waals surface area contributed by atoms with Crippen LogP contribution in [0.1, 0.15) is 5.69 Å². The molecule has 1 saturated heterocycles. The molecule has 0 bridgehead atoms. The number of primary amides is 1. The van der Waals surface area contributed by atoms with Crippen LogP contribution >= 0.6 is 23.1 Å². The third-order valence-corrected chi connectivity index (χ3v) is 6.17. The van der Waals surface area contributed by atoms with Gasteiger partial charge in [-0.2, -0.15) is 0 Å². The van der Waals surface area contributed by atoms with E-state index in [9.17, 15) is 24.3 Å². The van der Waals surface area contributed by atoms with Crippen LogP contribution in [-0.4, -0.2) is 68.5 Å². The number of carbonyl (C=O) groups is 4. The van der Waals surface area contributed by atoms with Crippen molar-refractivity contribution in [2.75, 3.05) is 18.1 Å². The predicted molar refractivity (Wildman–Crippen MR) is 107 cm³/mol. The molecule has 32 heavy (non-hydrogen) atoms. The number of ether oxygens (including phenoxy) is 1. The molecule has 1 fully saturated rings. The Morgan fingerprint density at radius 2 is 2.19 bits per heavy atom. The first-order valence-electron chi connectivity index (χ1n) is 8.46. The molecule has 2 atom stereocenters. The predicted octanol–water partition coefficient (Wildman–Crippen LogP) is -5.04. The zero-order valence-electron chi connectivity index (χ0n) is 16.5. The first-order chi connectivity index (χ1) is 14.7. The molecule has 1 aromatic heterocycles. The second kappa shape index (κ2) is 10.8. The van der Waals surface area contributed by atoms with E-state index in [1.54, 1.807) is 0 Å². The van der Waals surface area contributed by atoms with Crippen LogP contribution in [-0.2, 0) is 19.1 Å². The summed E-state index contributed by atoms with van der Waals surface area (Å²) >= 11 is 2.23. The van der Waals surface area contributed by atoms with Crippen molar-refractivity contribution >= 4 is 57.8 Å². The molecule has 16 heteroatoms. The second-order valence-electron chi connectivity index (χ2n) is 6.07. The average molecular weight is 490 g/mol. The van der Waals surface area contributed by atoms with E-state index in [-0.39, 0.29) is 64.0 Å². The number of rotatable bonds is 7. The molecule has 2 aliphatic rings. The molecule has 164 valence electrons. The molecule has 3 rings (SSSR count). The third-order valence-electron chi connectivity index (χ3n) is 4.20. The molecular weight excluding hydrogens is 475 g/mol. The molecule has 0 radical (unpaired) electrons. The standard InChI is InChI=1S/C16H16N6O7S2.Na/c17-15-19-7(5-31-15)8(21-28)11(23)20-9-12(24)22-10(14(25)26)6(4-30-13(9)22)2-1-3-29-16(18)27;/h1-2,5,9,13,28H,3-4H2,(H2,17,19)(H2,18,27)(H,20,23)(H,25,26);/q;+1/p-1/b2-1+,21-8-;/t9?,13-;/m0./s1. The molecule has 2 aliphatic heterocycles. The first kappa shape index (κ1) is 25.7. The van der Waals surface area contributed by atoms with Crippen LogP contribution in [0, 0.1) is 0 Å². The number of nitrogens with one attached hydrogen (secondary N) is 1. The Morgan fingerprint density at radius 1 is 1.47 bits per heavy atom. The summed E-state index contributed by atoms with van der Waals surface area (Å²) < 4.78 is 4.53. The van der Waals surface area contributed by atoms with E-state index in [1.165, 1.54) is 29.3 Å². The molecule has 0 aliphatic carbocycles. The second-order valence-corrected chi connectivity index (χ2v) is 8.07. The number of thiazole rings is 1. The van der Waals surface area contributed by atoms with Gasteiger partial charge in [-0.05, 0) is 11.6 Å². The van der Waals surface area contributed by atoms with Crippen molar-refractivity contribution in [3.8, 4) is 0 Å². The number of thioether (sulfide) groups is 1. The number of carbonyl (C=O) groups excluding carboxylic acids is 4. The number of hydrogen-bond donors (Lipinski definition) is 4. The first-order valence-corrected chi connectivity index (χ1v) is 10.4. The number of fused-ring (bicyclic) bond motifs is 1. The van der Waals surface area contributed by atoms with Gasteiger partial charge in [-0.3, -0.25) is 14.5 Å². The summed E-state index contributed by atoms with van der Waals surface area (Å²) in [6.07, 6.45) is 1.77. The topological polar surface area (TPSA) is 213 Å². The zero-order chi connectivity index (χ0) is 22.7. The number of β-lactam (4-membered cyclic amide) rings is 1. The van der Waals surface area contributed by atoms with Crippen LogP contribution < -0.4 is 51.4 Å². The van der Waals surface area contributed by atoms with Crippen LogP contribution in [0.25, 0.3) is 0 Å². The SMILES string of the molecule is NC(=O)OC/C=C/C1=C(C(=O)[O-])N2C(=O)C(NC(=O)/C(=N\O)c3csc(N)n3)[C@@H]2SC1.[Na+]. The summed E-state index contributed by atoms with van der Waals surface area (Å²) in [5, 5.41) is 27.0. The summed E-state index contributed by atoms with van der Waals surface area (Å²) in [7, 11) is 0. The van der Waals surface area contributed by atoms with Gasteiger partial charge in [0, 0.05) is 11.1 Å². The van der Waals surface area contributed by atoms with E-state index in [2.05, 4.69) is 20.2 Å². The van der Waals surface area contributed by atoms with Gasteiger partial charge in [0.25, 0.3) is 11.8 Å². The largest absolute Gasteiger partial charge is 1.00 e. The Kier molecular flexibility index (Phi) is 8.68. The Labute approximate surface area is 210 Å². The van der Waals surface area contributed by atoms with Crippen molar-refractivity contribution in [1.29, 1.82) is 0 Å². The molecule has 0 saturated carbocycles. The summed E-state index contributed by atoms with van der Waals surface area (Å²) in [6.45, 7) is -0.176. The fourth-order valence-corrected chi connectivity index (χ4v) is 4.77. The summed E-state index contributed by atoms with van der Waals surface area (Å²) in [4.78, 5) is 52.1. The molecule has 3 heterocycles. The van der Waals surface area contributed by atoms with Gasteiger partial charge in [0.1, 0.15) is 23.7 Å². The van der Waals surface area contributed by atoms with Gasteiger partial charge in [-0.15, -0.1) is 23.1 Å². The zero-order valence-corrected chi connectivity index (χ0v) is 20.1. The van der Waals surface area contributed by atoms with Gasteiger partial charge in [0.15, 0.2) is 10.8 Å². The molecule has 1 aromatic rings. The Hall–Kier alpha value is -2.59. The maximum atomic E-state index is 12.6. The Morgan fingerprint density at radius 3 is 2.75 bits per heavy atom. The number of aromatic nitrogens is 1. The minimum absolute atomic E-state index is 0. The monoisotopic (exact) mass is 490 g/mol. The number of anilines is 1. The molecular formula is C16H15N6NaO7S2. The van der Waals surface area contributed by atoms with Gasteiger partial charge in [0.05, 0.1) is 11.7 Å². The van der Waals surface area contributed by atoms with E-state index in [0.29, 0.717) is 0 Å². The Balaban J connectivity index is 0.00000363. The number of amides is 3. The number of carboxylic acids is 1. The van der Waals surface area contributed by atoms with Crippen molar-refractivity contribution < 1.29 is 63.8 Å². The normalized spacial score (nSPS) is 20.3. The molecule has 1 unspecified atom stereocenters. The van der Waals surface area contributed by atoms with E-state index in [1.807, 2.05) is 0 Å². The van der Waals surface area contributed by atoms with Crippen LogP contribution in [0.4, 0.5) is 9.93 Å². The number of aliphatic carboxylic acids is 1. The number of nitrogen functional groups attached to an aromatic ring is 1. The maximum absolute atomic E-state index is 12.6. The van der Waals surface area contributed by atoms with Crippen LogP contribution in [0.2, 0.25) is 0 Å². The maximum Gasteiger partial charge on any atom is 1.00 e. The van der Waals surface area contributed by atoms with E-state index in [4.69, 9.17) is 16.7 Å². The van der Waals surface area contributed by atoms with Gasteiger partial charge >= 0.3 is 35.7 Å². The summed E-state index contributed by atoms with van der Waals surface area (Å²) in [5.74, 6) is -2.95. The molecule has 0 spiro atoms. The van der Waals surface area contributed by atoms with Crippen molar-refractivity contribution in [3.05, 3.63) is 34.5 Å². The van der Waals surface area contributed by atoms with E-state index >= 15 is 0 Å². The number of nitrogens with zero attached hydrogens (tertiary/aromatic N) is 3. The number of allylic oxidation sites excluding steroid dienone is 1. The van der Waals surface area contributed by atoms with Gasteiger partial charge in [0.2, 0.25) is 0 Å². The van der Waals surface area contributed by atoms with Crippen molar-refractivity contribution in [2.45, 2.75) is 11.4 Å². The van der Waals surface area contributed by atoms with Gasteiger partial charge in [-0.1, -0.05) is 11.2 Å². The molecule has 6 N–H and O–H groups in total. The third kappa shape index (κ3) is 5.24. The van der Waals surface area contributed by atoms with Crippen LogP contribution in [0.3, 0.4) is 0 Å². The Bertz CT molecular complexity index is 1040. The minimum Gasteiger partial charge on any atom is -0.543 e. The van der Waals surface area contributed by atoms with E-state index < -0.39 is 41.0 Å². The molecule has 3 amide bonds. The number of carboxylic acid groups (broad SMARTS) is 1. The number of hydrogen-bond acceptors (Lipinski definition) is 12. The van der Waals surface area contributed by atoms with Gasteiger partial charge in [-0.25, -0.2) is 9.78 Å². The fourth-order valence-electron chi connectivity index (χ4n) is 2.90. The average Bonchev–Trinajstić information content (AvgIpc) is 3.14. The molecule has 0 aromatic carbocycles. The summed E-state index contributed by atoms with van der Waals surface area (Å²) in [6, 6.07) is -1.05. The minimum atomic E-state index is -1.57. The van der Waals surface area contributed by atoms with Gasteiger partial charge < -0.3 is 36.6 Å². The van der Waals surface area contributed by atoms with E-state index in [0.717, 1.165) is 16.2 Å². The smallest absolute Gasteiger partial charge is 0.543 e.